The Morgan fingerprint density at radius 1 is 1.29 bits per heavy atom. The first-order valence-corrected chi connectivity index (χ1v) is 6.14. The van der Waals surface area contributed by atoms with E-state index in [1.807, 2.05) is 0 Å². The van der Waals surface area contributed by atoms with Crippen molar-refractivity contribution in [1.82, 2.24) is 5.32 Å². The summed E-state index contributed by atoms with van der Waals surface area (Å²) in [5.74, 6) is 2.93. The van der Waals surface area contributed by atoms with E-state index in [0.29, 0.717) is 11.8 Å². The minimum absolute atomic E-state index is 0.00851. The molecule has 3 aliphatic rings. The molecule has 3 aliphatic carbocycles. The molecule has 3 saturated carbocycles. The van der Waals surface area contributed by atoms with Gasteiger partial charge in [0.1, 0.15) is 0 Å². The normalized spacial score (nSPS) is 41.6. The second kappa shape index (κ2) is 2.88. The van der Waals surface area contributed by atoms with Gasteiger partial charge in [-0.3, -0.25) is 4.79 Å². The fraction of sp³-hybridized carbons (Fsp3) is 0.909. The van der Waals surface area contributed by atoms with E-state index >= 15 is 0 Å². The van der Waals surface area contributed by atoms with Gasteiger partial charge in [-0.05, 0) is 43.9 Å². The van der Waals surface area contributed by atoms with Gasteiger partial charge >= 0.3 is 0 Å². The fourth-order valence-electron chi connectivity index (χ4n) is 2.74. The number of hydrogen-bond acceptors (Lipinski definition) is 1. The van der Waals surface area contributed by atoms with Crippen molar-refractivity contribution >= 4 is 17.5 Å². The van der Waals surface area contributed by atoms with Gasteiger partial charge in [-0.2, -0.15) is 0 Å². The molecule has 1 amide bonds. The Kier molecular flexibility index (Phi) is 1.85. The molecule has 3 rings (SSSR count). The lowest BCUT2D eigenvalue weighted by atomic mass is 10.0. The summed E-state index contributed by atoms with van der Waals surface area (Å²) in [7, 11) is 0. The van der Waals surface area contributed by atoms with Crippen LogP contribution in [-0.2, 0) is 4.79 Å². The number of rotatable bonds is 3. The molecule has 78 valence electrons. The van der Waals surface area contributed by atoms with Gasteiger partial charge in [-0.25, -0.2) is 0 Å². The zero-order chi connectivity index (χ0) is 9.76. The molecule has 0 heterocycles. The third-order valence-corrected chi connectivity index (χ3v) is 4.62. The predicted molar refractivity (Wildman–Crippen MR) is 55.1 cm³/mol. The molecule has 0 radical (unpaired) electrons. The molecular weight excluding hydrogens is 198 g/mol. The van der Waals surface area contributed by atoms with E-state index in [1.165, 1.54) is 6.42 Å². The maximum atomic E-state index is 11.9. The van der Waals surface area contributed by atoms with Crippen molar-refractivity contribution in [2.24, 2.45) is 17.8 Å². The molecule has 3 fully saturated rings. The predicted octanol–water partition coefficient (Wildman–Crippen LogP) is 1.92. The lowest BCUT2D eigenvalue weighted by molar-refractivity contribution is -0.125. The van der Waals surface area contributed by atoms with E-state index in [4.69, 9.17) is 11.6 Å². The Morgan fingerprint density at radius 2 is 1.93 bits per heavy atom. The number of carbonyl (C=O) groups is 1. The van der Waals surface area contributed by atoms with Crippen LogP contribution in [0.25, 0.3) is 0 Å². The number of amides is 1. The van der Waals surface area contributed by atoms with Crippen LogP contribution in [0, 0.1) is 17.8 Å². The Labute approximate surface area is 89.4 Å². The average Bonchev–Trinajstić information content (AvgIpc) is 3.08. The van der Waals surface area contributed by atoms with Crippen LogP contribution in [0.4, 0.5) is 0 Å². The minimum Gasteiger partial charge on any atom is -0.349 e. The van der Waals surface area contributed by atoms with E-state index in [-0.39, 0.29) is 11.4 Å². The van der Waals surface area contributed by atoms with E-state index in [2.05, 4.69) is 5.32 Å². The molecule has 0 bridgehead atoms. The van der Waals surface area contributed by atoms with Crippen molar-refractivity contribution < 1.29 is 4.79 Å². The molecule has 0 aromatic rings. The van der Waals surface area contributed by atoms with Crippen molar-refractivity contribution in [1.29, 1.82) is 0 Å². The van der Waals surface area contributed by atoms with Crippen LogP contribution in [0.2, 0.25) is 0 Å². The van der Waals surface area contributed by atoms with Crippen molar-refractivity contribution in [3.8, 4) is 0 Å². The lowest BCUT2D eigenvalue weighted by Gasteiger charge is -2.18. The van der Waals surface area contributed by atoms with Crippen molar-refractivity contribution in [2.75, 3.05) is 5.88 Å². The Bertz CT molecular complexity index is 264. The van der Waals surface area contributed by atoms with Gasteiger partial charge in [-0.15, -0.1) is 11.6 Å². The topological polar surface area (TPSA) is 29.1 Å². The first kappa shape index (κ1) is 9.02. The number of fused-ring (bicyclic) bond motifs is 1. The van der Waals surface area contributed by atoms with Gasteiger partial charge < -0.3 is 5.32 Å². The summed E-state index contributed by atoms with van der Waals surface area (Å²) in [6, 6.07) is 0. The molecule has 0 aromatic heterocycles. The van der Waals surface area contributed by atoms with Crippen LogP contribution in [0.3, 0.4) is 0 Å². The van der Waals surface area contributed by atoms with Gasteiger partial charge in [0.15, 0.2) is 0 Å². The van der Waals surface area contributed by atoms with Gasteiger partial charge in [-0.1, -0.05) is 0 Å². The summed E-state index contributed by atoms with van der Waals surface area (Å²) >= 11 is 5.83. The molecule has 2 atom stereocenters. The number of carbonyl (C=O) groups excluding carboxylic acids is 1. The molecule has 0 aliphatic heterocycles. The second-order valence-corrected chi connectivity index (χ2v) is 5.59. The smallest absolute Gasteiger partial charge is 0.223 e. The van der Waals surface area contributed by atoms with Crippen molar-refractivity contribution in [3.63, 3.8) is 0 Å². The first-order valence-electron chi connectivity index (χ1n) is 5.60. The highest BCUT2D eigenvalue weighted by Crippen LogP contribution is 2.54. The molecule has 0 spiro atoms. The zero-order valence-corrected chi connectivity index (χ0v) is 9.02. The summed E-state index contributed by atoms with van der Waals surface area (Å²) in [4.78, 5) is 11.9. The maximum absolute atomic E-state index is 11.9. The molecule has 0 saturated heterocycles. The van der Waals surface area contributed by atoms with Gasteiger partial charge in [0.2, 0.25) is 5.91 Å². The largest absolute Gasteiger partial charge is 0.349 e. The second-order valence-electron chi connectivity index (χ2n) is 5.33. The van der Waals surface area contributed by atoms with Crippen LogP contribution in [0.5, 0.6) is 0 Å². The van der Waals surface area contributed by atoms with Crippen molar-refractivity contribution in [2.45, 2.75) is 37.6 Å². The third kappa shape index (κ3) is 1.44. The quantitative estimate of drug-likeness (QED) is 0.714. The summed E-state index contributed by atoms with van der Waals surface area (Å²) in [5.41, 5.74) is -0.00851. The Morgan fingerprint density at radius 3 is 2.43 bits per heavy atom. The third-order valence-electron chi connectivity index (χ3n) is 4.11. The highest BCUT2D eigenvalue weighted by Gasteiger charge is 2.50. The first-order chi connectivity index (χ1) is 6.72. The molecular formula is C11H16ClNO. The van der Waals surface area contributed by atoms with Crippen LogP contribution >= 0.6 is 11.6 Å². The molecule has 0 aromatic carbocycles. The van der Waals surface area contributed by atoms with Crippen molar-refractivity contribution in [3.05, 3.63) is 0 Å². The van der Waals surface area contributed by atoms with Crippen LogP contribution in [-0.4, -0.2) is 17.3 Å². The molecule has 1 N–H and O–H groups in total. The van der Waals surface area contributed by atoms with E-state index in [0.717, 1.165) is 37.5 Å². The van der Waals surface area contributed by atoms with Crippen LogP contribution in [0.1, 0.15) is 32.1 Å². The number of halogens is 1. The minimum atomic E-state index is -0.00851. The summed E-state index contributed by atoms with van der Waals surface area (Å²) in [6.07, 6.45) is 5.79. The lowest BCUT2D eigenvalue weighted by Crippen LogP contribution is -2.41. The van der Waals surface area contributed by atoms with E-state index in [9.17, 15) is 4.79 Å². The molecule has 14 heavy (non-hydrogen) atoms. The SMILES string of the molecule is O=C(NC1(CCl)CC1)C1CC2CC2C1. The summed E-state index contributed by atoms with van der Waals surface area (Å²) in [5, 5.41) is 3.13. The highest BCUT2D eigenvalue weighted by atomic mass is 35.5. The molecule has 2 nitrogen and oxygen atoms in total. The number of hydrogen-bond donors (Lipinski definition) is 1. The maximum Gasteiger partial charge on any atom is 0.223 e. The highest BCUT2D eigenvalue weighted by molar-refractivity contribution is 6.19. The zero-order valence-electron chi connectivity index (χ0n) is 8.26. The number of alkyl halides is 1. The van der Waals surface area contributed by atoms with Crippen LogP contribution in [0.15, 0.2) is 0 Å². The monoisotopic (exact) mass is 213 g/mol. The van der Waals surface area contributed by atoms with Gasteiger partial charge in [0, 0.05) is 11.8 Å². The Balaban J connectivity index is 1.55. The summed E-state index contributed by atoms with van der Waals surface area (Å²) in [6.45, 7) is 0. The average molecular weight is 214 g/mol. The number of nitrogens with one attached hydrogen (secondary N) is 1. The molecule has 3 heteroatoms. The Hall–Kier alpha value is -0.240. The van der Waals surface area contributed by atoms with E-state index < -0.39 is 0 Å². The van der Waals surface area contributed by atoms with E-state index in [1.54, 1.807) is 0 Å². The summed E-state index contributed by atoms with van der Waals surface area (Å²) < 4.78 is 0. The fourth-order valence-corrected chi connectivity index (χ4v) is 3.07. The molecule has 2 unspecified atom stereocenters. The van der Waals surface area contributed by atoms with Gasteiger partial charge in [0.05, 0.1) is 5.54 Å². The van der Waals surface area contributed by atoms with Gasteiger partial charge in [0.25, 0.3) is 0 Å². The standard InChI is InChI=1S/C11H16ClNO/c12-6-11(1-2-11)13-10(14)9-4-7-3-8(7)5-9/h7-9H,1-6H2,(H,13,14). The van der Waals surface area contributed by atoms with Crippen LogP contribution < -0.4 is 5.32 Å².